The van der Waals surface area contributed by atoms with Gasteiger partial charge in [0.1, 0.15) is 11.9 Å². The van der Waals surface area contributed by atoms with E-state index in [1.165, 1.54) is 17.0 Å². The van der Waals surface area contributed by atoms with Crippen molar-refractivity contribution in [2.45, 2.75) is 32.4 Å². The van der Waals surface area contributed by atoms with Crippen molar-refractivity contribution in [1.29, 1.82) is 0 Å². The minimum absolute atomic E-state index is 0.0816. The number of nitrogens with one attached hydrogen (secondary N) is 1. The van der Waals surface area contributed by atoms with Gasteiger partial charge < -0.3 is 10.2 Å². The van der Waals surface area contributed by atoms with Crippen molar-refractivity contribution in [2.24, 2.45) is 0 Å². The van der Waals surface area contributed by atoms with Gasteiger partial charge in [-0.15, -0.1) is 0 Å². The van der Waals surface area contributed by atoms with Crippen LogP contribution in [0.1, 0.15) is 24.5 Å². The van der Waals surface area contributed by atoms with Crippen LogP contribution in [0.2, 0.25) is 5.02 Å². The summed E-state index contributed by atoms with van der Waals surface area (Å²) in [6.45, 7) is 2.08. The fourth-order valence-electron chi connectivity index (χ4n) is 2.77. The molecule has 1 atom stereocenters. The molecule has 6 heteroatoms. The number of carbonyl (C=O) groups excluding carboxylic acids is 2. The largest absolute Gasteiger partial charge is 0.357 e. The summed E-state index contributed by atoms with van der Waals surface area (Å²) in [5.41, 5.74) is 1.45. The van der Waals surface area contributed by atoms with E-state index in [-0.39, 0.29) is 30.6 Å². The minimum Gasteiger partial charge on any atom is -0.357 e. The molecule has 2 amide bonds. The summed E-state index contributed by atoms with van der Waals surface area (Å²) in [5, 5.41) is 3.15. The number of halogens is 2. The van der Waals surface area contributed by atoms with Crippen LogP contribution in [0.5, 0.6) is 0 Å². The monoisotopic (exact) mass is 376 g/mol. The highest BCUT2D eigenvalue weighted by atomic mass is 35.5. The highest BCUT2D eigenvalue weighted by Gasteiger charge is 2.28. The molecule has 1 N–H and O–H groups in total. The Balaban J connectivity index is 2.29. The molecule has 26 heavy (non-hydrogen) atoms. The van der Waals surface area contributed by atoms with E-state index in [4.69, 9.17) is 11.6 Å². The lowest BCUT2D eigenvalue weighted by Gasteiger charge is -2.30. The third-order valence-corrected chi connectivity index (χ3v) is 4.57. The van der Waals surface area contributed by atoms with Gasteiger partial charge in [0, 0.05) is 18.6 Å². The highest BCUT2D eigenvalue weighted by molar-refractivity contribution is 6.31. The SMILES string of the molecule is CC[C@@H](C(=O)NC)N(Cc1ccccc1Cl)C(=O)Cc1ccc(F)cc1. The van der Waals surface area contributed by atoms with Crippen molar-refractivity contribution in [3.8, 4) is 0 Å². The van der Waals surface area contributed by atoms with Crippen LogP contribution in [0, 0.1) is 5.82 Å². The third kappa shape index (κ3) is 5.05. The molecule has 4 nitrogen and oxygen atoms in total. The average molecular weight is 377 g/mol. The maximum Gasteiger partial charge on any atom is 0.242 e. The Hall–Kier alpha value is -2.40. The van der Waals surface area contributed by atoms with Crippen molar-refractivity contribution < 1.29 is 14.0 Å². The first-order chi connectivity index (χ1) is 12.5. The number of amides is 2. The zero-order valence-corrected chi connectivity index (χ0v) is 15.6. The minimum atomic E-state index is -0.607. The quantitative estimate of drug-likeness (QED) is 0.803. The van der Waals surface area contributed by atoms with E-state index in [2.05, 4.69) is 5.32 Å². The zero-order chi connectivity index (χ0) is 19.1. The first-order valence-corrected chi connectivity index (χ1v) is 8.83. The van der Waals surface area contributed by atoms with Gasteiger partial charge in [0.15, 0.2) is 0 Å². The molecule has 0 aliphatic rings. The fourth-order valence-corrected chi connectivity index (χ4v) is 2.97. The third-order valence-electron chi connectivity index (χ3n) is 4.20. The summed E-state index contributed by atoms with van der Waals surface area (Å²) < 4.78 is 13.1. The molecule has 2 rings (SSSR count). The standard InChI is InChI=1S/C20H22ClFN2O2/c1-3-18(20(26)23-2)24(13-15-6-4-5-7-17(15)21)19(25)12-14-8-10-16(22)11-9-14/h4-11,18H,3,12-13H2,1-2H3,(H,23,26)/t18-/m0/s1. The maximum atomic E-state index is 13.1. The number of rotatable bonds is 7. The van der Waals surface area contributed by atoms with E-state index >= 15 is 0 Å². The van der Waals surface area contributed by atoms with Crippen molar-refractivity contribution >= 4 is 23.4 Å². The molecule has 2 aromatic carbocycles. The number of benzene rings is 2. The van der Waals surface area contributed by atoms with E-state index in [9.17, 15) is 14.0 Å². The van der Waals surface area contributed by atoms with Crippen LogP contribution in [0.3, 0.4) is 0 Å². The van der Waals surface area contributed by atoms with Crippen LogP contribution in [0.4, 0.5) is 4.39 Å². The van der Waals surface area contributed by atoms with Crippen molar-refractivity contribution in [3.63, 3.8) is 0 Å². The molecule has 0 aliphatic heterocycles. The molecule has 0 bridgehead atoms. The molecule has 0 fully saturated rings. The molecule has 0 heterocycles. The van der Waals surface area contributed by atoms with Gasteiger partial charge >= 0.3 is 0 Å². The normalized spacial score (nSPS) is 11.7. The van der Waals surface area contributed by atoms with Gasteiger partial charge in [-0.1, -0.05) is 48.9 Å². The summed E-state index contributed by atoms with van der Waals surface area (Å²) in [6, 6.07) is 12.4. The fraction of sp³-hybridized carbons (Fsp3) is 0.300. The first-order valence-electron chi connectivity index (χ1n) is 8.45. The summed E-state index contributed by atoms with van der Waals surface area (Å²) in [6.07, 6.45) is 0.553. The van der Waals surface area contributed by atoms with E-state index in [0.29, 0.717) is 17.0 Å². The summed E-state index contributed by atoms with van der Waals surface area (Å²) in [7, 11) is 1.54. The Kier molecular flexibility index (Phi) is 7.16. The van der Waals surface area contributed by atoms with Crippen molar-refractivity contribution in [1.82, 2.24) is 10.2 Å². The molecule has 0 aromatic heterocycles. The van der Waals surface area contributed by atoms with Gasteiger partial charge in [-0.25, -0.2) is 4.39 Å². The van der Waals surface area contributed by atoms with Gasteiger partial charge in [-0.05, 0) is 35.7 Å². The van der Waals surface area contributed by atoms with Crippen LogP contribution < -0.4 is 5.32 Å². The summed E-state index contributed by atoms with van der Waals surface area (Å²) >= 11 is 6.23. The number of nitrogens with zero attached hydrogens (tertiary/aromatic N) is 1. The van der Waals surface area contributed by atoms with Crippen molar-refractivity contribution in [3.05, 3.63) is 70.5 Å². The van der Waals surface area contributed by atoms with Gasteiger partial charge in [0.05, 0.1) is 6.42 Å². The maximum absolute atomic E-state index is 13.1. The second-order valence-corrected chi connectivity index (χ2v) is 6.36. The molecule has 138 valence electrons. The summed E-state index contributed by atoms with van der Waals surface area (Å²) in [4.78, 5) is 26.7. The van der Waals surface area contributed by atoms with Crippen LogP contribution in [0.15, 0.2) is 48.5 Å². The molecule has 0 aliphatic carbocycles. The predicted molar refractivity (Wildman–Crippen MR) is 100 cm³/mol. The highest BCUT2D eigenvalue weighted by Crippen LogP contribution is 2.20. The predicted octanol–water partition coefficient (Wildman–Crippen LogP) is 3.58. The van der Waals surface area contributed by atoms with E-state index in [1.54, 1.807) is 25.2 Å². The van der Waals surface area contributed by atoms with E-state index in [1.807, 2.05) is 25.1 Å². The Morgan fingerprint density at radius 1 is 1.15 bits per heavy atom. The molecule has 0 unspecified atom stereocenters. The smallest absolute Gasteiger partial charge is 0.242 e. The van der Waals surface area contributed by atoms with Crippen LogP contribution in [-0.4, -0.2) is 29.8 Å². The Labute approximate surface area is 158 Å². The summed E-state index contributed by atoms with van der Waals surface area (Å²) in [5.74, 6) is -0.801. The molecule has 0 saturated carbocycles. The van der Waals surface area contributed by atoms with Crippen LogP contribution in [0.25, 0.3) is 0 Å². The molecular weight excluding hydrogens is 355 g/mol. The zero-order valence-electron chi connectivity index (χ0n) is 14.8. The molecule has 0 radical (unpaired) electrons. The molecule has 2 aromatic rings. The number of carbonyl (C=O) groups is 2. The van der Waals surface area contributed by atoms with E-state index < -0.39 is 6.04 Å². The Morgan fingerprint density at radius 3 is 2.38 bits per heavy atom. The van der Waals surface area contributed by atoms with Gasteiger partial charge in [0.25, 0.3) is 0 Å². The number of hydrogen-bond acceptors (Lipinski definition) is 2. The second kappa shape index (κ2) is 9.34. The van der Waals surface area contributed by atoms with Gasteiger partial charge in [0.2, 0.25) is 11.8 Å². The van der Waals surface area contributed by atoms with Crippen LogP contribution >= 0.6 is 11.6 Å². The first kappa shape index (κ1) is 19.9. The molecule has 0 spiro atoms. The lowest BCUT2D eigenvalue weighted by molar-refractivity contribution is -0.140. The Bertz CT molecular complexity index is 765. The number of hydrogen-bond donors (Lipinski definition) is 1. The lowest BCUT2D eigenvalue weighted by atomic mass is 10.1. The van der Waals surface area contributed by atoms with Gasteiger partial charge in [-0.2, -0.15) is 0 Å². The van der Waals surface area contributed by atoms with Crippen LogP contribution in [-0.2, 0) is 22.6 Å². The second-order valence-electron chi connectivity index (χ2n) is 5.95. The van der Waals surface area contributed by atoms with Crippen molar-refractivity contribution in [2.75, 3.05) is 7.05 Å². The number of likely N-dealkylation sites (N-methyl/N-ethyl adjacent to an activating group) is 1. The van der Waals surface area contributed by atoms with Gasteiger partial charge in [-0.3, -0.25) is 9.59 Å². The lowest BCUT2D eigenvalue weighted by Crippen LogP contribution is -2.48. The molecule has 0 saturated heterocycles. The molecular formula is C20H22ClFN2O2. The Morgan fingerprint density at radius 2 is 1.81 bits per heavy atom. The van der Waals surface area contributed by atoms with E-state index in [0.717, 1.165) is 5.56 Å². The topological polar surface area (TPSA) is 49.4 Å². The average Bonchev–Trinajstić information content (AvgIpc) is 2.64.